The lowest BCUT2D eigenvalue weighted by molar-refractivity contribution is -0.120. The molecule has 2 amide bonds. The summed E-state index contributed by atoms with van der Waals surface area (Å²) in [6.07, 6.45) is 0. The van der Waals surface area contributed by atoms with Crippen LogP contribution in [0, 0.1) is 5.82 Å². The molecule has 0 spiro atoms. The second kappa shape index (κ2) is 8.67. The molecule has 24 heavy (non-hydrogen) atoms. The van der Waals surface area contributed by atoms with Gasteiger partial charge in [0, 0.05) is 6.54 Å². The molecule has 5 nitrogen and oxygen atoms in total. The number of carbonyl (C=O) groups excluding carboxylic acids is 2. The van der Waals surface area contributed by atoms with E-state index < -0.39 is 0 Å². The molecule has 0 aliphatic heterocycles. The van der Waals surface area contributed by atoms with Gasteiger partial charge in [0.2, 0.25) is 5.91 Å². The highest BCUT2D eigenvalue weighted by molar-refractivity contribution is 5.98. The van der Waals surface area contributed by atoms with Gasteiger partial charge in [-0.05, 0) is 36.8 Å². The number of para-hydroxylation sites is 1. The predicted molar refractivity (Wildman–Crippen MR) is 88.2 cm³/mol. The van der Waals surface area contributed by atoms with Gasteiger partial charge in [0.05, 0.1) is 18.7 Å². The van der Waals surface area contributed by atoms with Crippen LogP contribution in [0.4, 0.5) is 4.39 Å². The molecule has 2 aromatic rings. The lowest BCUT2D eigenvalue weighted by Gasteiger charge is -2.10. The molecule has 6 heteroatoms. The van der Waals surface area contributed by atoms with Gasteiger partial charge in [-0.1, -0.05) is 24.3 Å². The highest BCUT2D eigenvalue weighted by Crippen LogP contribution is 2.17. The molecule has 126 valence electrons. The van der Waals surface area contributed by atoms with Crippen LogP contribution in [0.3, 0.4) is 0 Å². The van der Waals surface area contributed by atoms with E-state index in [1.807, 2.05) is 6.92 Å². The van der Waals surface area contributed by atoms with Crippen molar-refractivity contribution in [1.82, 2.24) is 10.6 Å². The zero-order valence-electron chi connectivity index (χ0n) is 13.3. The van der Waals surface area contributed by atoms with Crippen LogP contribution in [0.5, 0.6) is 5.75 Å². The number of ether oxygens (including phenoxy) is 1. The fraction of sp³-hybridized carbons (Fsp3) is 0.222. The second-order valence-corrected chi connectivity index (χ2v) is 5.02. The summed E-state index contributed by atoms with van der Waals surface area (Å²) >= 11 is 0. The summed E-state index contributed by atoms with van der Waals surface area (Å²) in [6.45, 7) is 2.30. The molecule has 2 aromatic carbocycles. The van der Waals surface area contributed by atoms with Gasteiger partial charge in [0.25, 0.3) is 5.91 Å². The number of nitrogens with one attached hydrogen (secondary N) is 2. The van der Waals surface area contributed by atoms with E-state index >= 15 is 0 Å². The Balaban J connectivity index is 1.84. The van der Waals surface area contributed by atoms with E-state index in [1.54, 1.807) is 36.4 Å². The van der Waals surface area contributed by atoms with Crippen molar-refractivity contribution in [2.24, 2.45) is 0 Å². The third kappa shape index (κ3) is 5.08. The second-order valence-electron chi connectivity index (χ2n) is 5.02. The Morgan fingerprint density at radius 3 is 2.62 bits per heavy atom. The number of amides is 2. The van der Waals surface area contributed by atoms with Gasteiger partial charge in [0.15, 0.2) is 0 Å². The van der Waals surface area contributed by atoms with Crippen molar-refractivity contribution in [1.29, 1.82) is 0 Å². The van der Waals surface area contributed by atoms with Crippen LogP contribution in [0.15, 0.2) is 48.5 Å². The van der Waals surface area contributed by atoms with E-state index in [0.717, 1.165) is 0 Å². The summed E-state index contributed by atoms with van der Waals surface area (Å²) < 4.78 is 18.4. The van der Waals surface area contributed by atoms with Crippen molar-refractivity contribution in [2.45, 2.75) is 13.5 Å². The van der Waals surface area contributed by atoms with Crippen LogP contribution in [-0.4, -0.2) is 25.0 Å². The molecule has 0 unspecified atom stereocenters. The Labute approximate surface area is 139 Å². The van der Waals surface area contributed by atoms with Crippen LogP contribution in [0.2, 0.25) is 0 Å². The average Bonchev–Trinajstić information content (AvgIpc) is 2.59. The fourth-order valence-electron chi connectivity index (χ4n) is 2.10. The van der Waals surface area contributed by atoms with Crippen LogP contribution in [-0.2, 0) is 11.3 Å². The van der Waals surface area contributed by atoms with E-state index in [0.29, 0.717) is 23.5 Å². The SMILES string of the molecule is CCOc1ccccc1C(=O)NCC(=O)NCc1cccc(F)c1. The fourth-order valence-corrected chi connectivity index (χ4v) is 2.10. The van der Waals surface area contributed by atoms with E-state index in [9.17, 15) is 14.0 Å². The van der Waals surface area contributed by atoms with Crippen LogP contribution >= 0.6 is 0 Å². The van der Waals surface area contributed by atoms with Crippen LogP contribution < -0.4 is 15.4 Å². The molecule has 2 rings (SSSR count). The topological polar surface area (TPSA) is 67.4 Å². The highest BCUT2D eigenvalue weighted by Gasteiger charge is 2.12. The average molecular weight is 330 g/mol. The Morgan fingerprint density at radius 1 is 1.08 bits per heavy atom. The molecule has 0 saturated heterocycles. The van der Waals surface area contributed by atoms with Gasteiger partial charge in [-0.15, -0.1) is 0 Å². The summed E-state index contributed by atoms with van der Waals surface area (Å²) in [4.78, 5) is 23.9. The summed E-state index contributed by atoms with van der Waals surface area (Å²) in [5.74, 6) is -0.637. The van der Waals surface area contributed by atoms with E-state index in [1.165, 1.54) is 12.1 Å². The first-order chi connectivity index (χ1) is 11.6. The van der Waals surface area contributed by atoms with E-state index in [-0.39, 0.29) is 30.7 Å². The van der Waals surface area contributed by atoms with Crippen molar-refractivity contribution in [3.63, 3.8) is 0 Å². The maximum atomic E-state index is 13.1. The number of rotatable bonds is 7. The molecule has 0 heterocycles. The standard InChI is InChI=1S/C18H19FN2O3/c1-2-24-16-9-4-3-8-15(16)18(23)21-12-17(22)20-11-13-6-5-7-14(19)10-13/h3-10H,2,11-12H2,1H3,(H,20,22)(H,21,23). The Hall–Kier alpha value is -2.89. The zero-order chi connectivity index (χ0) is 17.4. The van der Waals surface area contributed by atoms with Crippen LogP contribution in [0.25, 0.3) is 0 Å². The van der Waals surface area contributed by atoms with Crippen molar-refractivity contribution in [3.8, 4) is 5.75 Å². The molecule has 2 N–H and O–H groups in total. The third-order valence-corrected chi connectivity index (χ3v) is 3.22. The van der Waals surface area contributed by atoms with Gasteiger partial charge in [-0.3, -0.25) is 9.59 Å². The molecule has 0 bridgehead atoms. The molecule has 0 aromatic heterocycles. The monoisotopic (exact) mass is 330 g/mol. The summed E-state index contributed by atoms with van der Waals surface area (Å²) in [5.41, 5.74) is 1.02. The molecule has 0 radical (unpaired) electrons. The highest BCUT2D eigenvalue weighted by atomic mass is 19.1. The van der Waals surface area contributed by atoms with E-state index in [4.69, 9.17) is 4.74 Å². The van der Waals surface area contributed by atoms with Crippen molar-refractivity contribution >= 4 is 11.8 Å². The molecule has 0 fully saturated rings. The van der Waals surface area contributed by atoms with Crippen LogP contribution in [0.1, 0.15) is 22.8 Å². The van der Waals surface area contributed by atoms with Gasteiger partial charge in [0.1, 0.15) is 11.6 Å². The summed E-state index contributed by atoms with van der Waals surface area (Å²) in [5, 5.41) is 5.16. The van der Waals surface area contributed by atoms with Gasteiger partial charge < -0.3 is 15.4 Å². The predicted octanol–water partition coefficient (Wildman–Crippen LogP) is 2.27. The first-order valence-electron chi connectivity index (χ1n) is 7.61. The zero-order valence-corrected chi connectivity index (χ0v) is 13.3. The molecule has 0 aliphatic rings. The van der Waals surface area contributed by atoms with E-state index in [2.05, 4.69) is 10.6 Å². The van der Waals surface area contributed by atoms with Crippen molar-refractivity contribution < 1.29 is 18.7 Å². The molecule has 0 atom stereocenters. The quantitative estimate of drug-likeness (QED) is 0.818. The number of hydrogen-bond donors (Lipinski definition) is 2. The Morgan fingerprint density at radius 2 is 1.88 bits per heavy atom. The largest absolute Gasteiger partial charge is 0.493 e. The third-order valence-electron chi connectivity index (χ3n) is 3.22. The van der Waals surface area contributed by atoms with Gasteiger partial charge >= 0.3 is 0 Å². The number of halogens is 1. The smallest absolute Gasteiger partial charge is 0.255 e. The van der Waals surface area contributed by atoms with Gasteiger partial charge in [-0.25, -0.2) is 4.39 Å². The van der Waals surface area contributed by atoms with Crippen molar-refractivity contribution in [3.05, 3.63) is 65.5 Å². The molecule has 0 aliphatic carbocycles. The maximum Gasteiger partial charge on any atom is 0.255 e. The number of carbonyl (C=O) groups is 2. The summed E-state index contributed by atoms with van der Waals surface area (Å²) in [6, 6.07) is 12.8. The normalized spacial score (nSPS) is 10.1. The molecule has 0 saturated carbocycles. The number of hydrogen-bond acceptors (Lipinski definition) is 3. The first-order valence-corrected chi connectivity index (χ1v) is 7.61. The summed E-state index contributed by atoms with van der Waals surface area (Å²) in [7, 11) is 0. The Kier molecular flexibility index (Phi) is 6.31. The minimum Gasteiger partial charge on any atom is -0.493 e. The lowest BCUT2D eigenvalue weighted by Crippen LogP contribution is -2.36. The minimum absolute atomic E-state index is 0.172. The van der Waals surface area contributed by atoms with Crippen molar-refractivity contribution in [2.75, 3.05) is 13.2 Å². The first kappa shape index (κ1) is 17.5. The molecular formula is C18H19FN2O3. The Bertz CT molecular complexity index is 719. The molecular weight excluding hydrogens is 311 g/mol. The van der Waals surface area contributed by atoms with Gasteiger partial charge in [-0.2, -0.15) is 0 Å². The minimum atomic E-state index is -0.389. The number of benzene rings is 2. The maximum absolute atomic E-state index is 13.1. The lowest BCUT2D eigenvalue weighted by atomic mass is 10.2.